The first-order valence-corrected chi connectivity index (χ1v) is 15.3. The zero-order valence-electron chi connectivity index (χ0n) is 26.2. The number of ether oxygens (including phenoxy) is 6. The second kappa shape index (κ2) is 11.9. The molecule has 0 saturated carbocycles. The van der Waals surface area contributed by atoms with Gasteiger partial charge in [-0.05, 0) is 38.1 Å². The minimum absolute atomic E-state index is 0.0521. The van der Waals surface area contributed by atoms with Crippen LogP contribution in [-0.2, 0) is 59.5 Å². The van der Waals surface area contributed by atoms with Crippen LogP contribution < -0.4 is 10.1 Å². The van der Waals surface area contributed by atoms with Crippen molar-refractivity contribution in [3.8, 4) is 11.5 Å². The largest absolute Gasteiger partial charge is 0.504 e. The summed E-state index contributed by atoms with van der Waals surface area (Å²) < 4.78 is 33.5. The van der Waals surface area contributed by atoms with Crippen LogP contribution in [0.25, 0.3) is 0 Å². The molecule has 0 aromatic heterocycles. The second-order valence-electron chi connectivity index (χ2n) is 12.6. The van der Waals surface area contributed by atoms with Crippen LogP contribution in [0.15, 0.2) is 24.3 Å². The molecule has 2 bridgehead atoms. The highest BCUT2D eigenvalue weighted by atomic mass is 16.7. The van der Waals surface area contributed by atoms with Crippen molar-refractivity contribution in [3.63, 3.8) is 0 Å². The Bertz CT molecular complexity index is 1490. The van der Waals surface area contributed by atoms with Crippen LogP contribution in [0.5, 0.6) is 11.5 Å². The molecule has 1 amide bonds. The zero-order valence-corrected chi connectivity index (χ0v) is 26.2. The summed E-state index contributed by atoms with van der Waals surface area (Å²) >= 11 is 0. The van der Waals surface area contributed by atoms with Crippen molar-refractivity contribution in [2.24, 2.45) is 5.92 Å². The molecule has 2 saturated heterocycles. The number of hydrogen-bond acceptors (Lipinski definition) is 13. The topological polar surface area (TPSA) is 176 Å². The van der Waals surface area contributed by atoms with Crippen LogP contribution in [0.4, 0.5) is 0 Å². The quantitative estimate of drug-likeness (QED) is 0.238. The number of phenols is 1. The molecule has 0 radical (unpaired) electrons. The van der Waals surface area contributed by atoms with Gasteiger partial charge in [-0.2, -0.15) is 0 Å². The van der Waals surface area contributed by atoms with Crippen molar-refractivity contribution in [1.29, 1.82) is 0 Å². The predicted octanol–water partition coefficient (Wildman–Crippen LogP) is 0.448. The zero-order chi connectivity index (χ0) is 33.1. The van der Waals surface area contributed by atoms with E-state index in [1.807, 2.05) is 12.1 Å². The monoisotopic (exact) mass is 642 g/mol. The summed E-state index contributed by atoms with van der Waals surface area (Å²) in [5.41, 5.74) is 1.67. The number of amides is 1. The first kappa shape index (κ1) is 31.8. The van der Waals surface area contributed by atoms with Crippen molar-refractivity contribution in [2.45, 2.75) is 94.2 Å². The minimum Gasteiger partial charge on any atom is -0.504 e. The van der Waals surface area contributed by atoms with Crippen LogP contribution in [0, 0.1) is 5.92 Å². The number of esters is 4. The van der Waals surface area contributed by atoms with Gasteiger partial charge in [0, 0.05) is 43.7 Å². The summed E-state index contributed by atoms with van der Waals surface area (Å²) in [5.74, 6) is -3.27. The Kier molecular flexibility index (Phi) is 8.21. The highest BCUT2D eigenvalue weighted by Gasteiger charge is 2.64. The summed E-state index contributed by atoms with van der Waals surface area (Å²) in [6, 6.07) is 3.23. The van der Waals surface area contributed by atoms with Gasteiger partial charge >= 0.3 is 23.9 Å². The van der Waals surface area contributed by atoms with E-state index in [0.717, 1.165) is 58.4 Å². The molecule has 2 aliphatic carbocycles. The molecule has 1 aromatic rings. The average Bonchev–Trinajstić information content (AvgIpc) is 3.34. The van der Waals surface area contributed by atoms with E-state index in [2.05, 4.69) is 23.3 Å². The summed E-state index contributed by atoms with van der Waals surface area (Å²) in [6.07, 6.45) is -2.64. The number of hydrogen-bond donors (Lipinski definition) is 2. The Morgan fingerprint density at radius 2 is 1.67 bits per heavy atom. The number of benzene rings is 1. The van der Waals surface area contributed by atoms with Gasteiger partial charge < -0.3 is 43.7 Å². The van der Waals surface area contributed by atoms with Gasteiger partial charge in [0.25, 0.3) is 0 Å². The molecular formula is C32H38N2O12. The maximum atomic E-state index is 13.8. The molecule has 5 aliphatic rings. The molecule has 2 fully saturated rings. The van der Waals surface area contributed by atoms with Gasteiger partial charge in [-0.25, -0.2) is 4.79 Å². The summed E-state index contributed by atoms with van der Waals surface area (Å²) in [7, 11) is 3.21. The molecule has 248 valence electrons. The second-order valence-corrected chi connectivity index (χ2v) is 12.6. The van der Waals surface area contributed by atoms with Crippen LogP contribution in [0.3, 0.4) is 0 Å². The van der Waals surface area contributed by atoms with Crippen LogP contribution in [0.2, 0.25) is 0 Å². The lowest BCUT2D eigenvalue weighted by Gasteiger charge is -2.57. The van der Waals surface area contributed by atoms with E-state index in [9.17, 15) is 29.1 Å². The first-order valence-electron chi connectivity index (χ1n) is 15.3. The van der Waals surface area contributed by atoms with E-state index in [4.69, 9.17) is 28.4 Å². The number of likely N-dealkylation sites (N-methyl/N-ethyl adjacent to an activating group) is 1. The van der Waals surface area contributed by atoms with Crippen molar-refractivity contribution in [1.82, 2.24) is 10.2 Å². The Morgan fingerprint density at radius 1 is 1.00 bits per heavy atom. The first-order chi connectivity index (χ1) is 21.8. The van der Waals surface area contributed by atoms with Gasteiger partial charge in [0.2, 0.25) is 5.91 Å². The number of likely N-dealkylation sites (tertiary alicyclic amines) is 1. The maximum absolute atomic E-state index is 13.8. The minimum atomic E-state index is -1.59. The molecule has 6 rings (SSSR count). The number of piperidine rings is 1. The molecule has 2 N–H and O–H groups in total. The highest BCUT2D eigenvalue weighted by molar-refractivity contribution is 5.79. The van der Waals surface area contributed by atoms with E-state index >= 15 is 0 Å². The Morgan fingerprint density at radius 3 is 2.35 bits per heavy atom. The Labute approximate surface area is 265 Å². The third-order valence-electron chi connectivity index (χ3n) is 9.86. The number of nitrogens with one attached hydrogen (secondary N) is 1. The molecular weight excluding hydrogens is 604 g/mol. The van der Waals surface area contributed by atoms with E-state index in [1.54, 1.807) is 6.07 Å². The van der Waals surface area contributed by atoms with Crippen molar-refractivity contribution < 1.29 is 57.5 Å². The van der Waals surface area contributed by atoms with Crippen molar-refractivity contribution >= 4 is 29.8 Å². The van der Waals surface area contributed by atoms with Gasteiger partial charge in [-0.1, -0.05) is 18.2 Å². The normalized spacial score (nSPS) is 35.2. The summed E-state index contributed by atoms with van der Waals surface area (Å²) in [5, 5.41) is 13.8. The third-order valence-corrected chi connectivity index (χ3v) is 9.86. The molecule has 1 aromatic carbocycles. The van der Waals surface area contributed by atoms with E-state index in [1.165, 1.54) is 0 Å². The fourth-order valence-corrected chi connectivity index (χ4v) is 8.18. The SMILES string of the molecule is COC(=O)[C@@H]1OC(CC(=O)NC2C=CC3C4Cc5ccc(O)c6c5C3(CCN4C)C2O6)[C@@H](OC(C)=O)[C@H](OC(C)=O)[C@H]1OC(C)=O. The van der Waals surface area contributed by atoms with Gasteiger partial charge in [0.15, 0.2) is 35.9 Å². The fraction of sp³-hybridized carbons (Fsp3) is 0.594. The van der Waals surface area contributed by atoms with E-state index < -0.39 is 84.3 Å². The lowest BCUT2D eigenvalue weighted by Crippen LogP contribution is -2.67. The molecule has 14 nitrogen and oxygen atoms in total. The number of carbonyl (C=O) groups excluding carboxylic acids is 5. The number of rotatable bonds is 7. The lowest BCUT2D eigenvalue weighted by molar-refractivity contribution is -0.248. The molecule has 10 atom stereocenters. The number of aromatic hydroxyl groups is 1. The number of carbonyl (C=O) groups is 5. The average molecular weight is 643 g/mol. The standard InChI is InChI=1S/C32H38N2O12/c1-14(35)42-26-22(45-29(31(40)41-5)28(44-16(3)37)27(26)43-15(2)36)13-23(39)33-19-8-7-18-20-12-17-6-9-21(38)25-24(17)32(18,30(19)46-25)10-11-34(20)4/h6-9,18-20,22,26-30,38H,10-13H2,1-5H3,(H,33,39)/t18?,19?,20?,22?,26-,27+,28-,29-,30?,32?/m1/s1. The molecule has 6 unspecified atom stereocenters. The van der Waals surface area contributed by atoms with Crippen LogP contribution in [-0.4, -0.2) is 109 Å². The smallest absolute Gasteiger partial charge is 0.339 e. The van der Waals surface area contributed by atoms with E-state index in [-0.39, 0.29) is 17.7 Å². The van der Waals surface area contributed by atoms with E-state index in [0.29, 0.717) is 5.75 Å². The molecule has 14 heteroatoms. The number of nitrogens with zero attached hydrogens (tertiary/aromatic N) is 1. The van der Waals surface area contributed by atoms with Gasteiger partial charge in [-0.3, -0.25) is 19.2 Å². The molecule has 3 aliphatic heterocycles. The van der Waals surface area contributed by atoms with Gasteiger partial charge in [0.1, 0.15) is 12.2 Å². The summed E-state index contributed by atoms with van der Waals surface area (Å²) in [6.45, 7) is 4.13. The van der Waals surface area contributed by atoms with Gasteiger partial charge in [0.05, 0.1) is 19.6 Å². The van der Waals surface area contributed by atoms with Crippen molar-refractivity contribution in [3.05, 3.63) is 35.4 Å². The van der Waals surface area contributed by atoms with Gasteiger partial charge in [-0.15, -0.1) is 0 Å². The number of phenolic OH excluding ortho intramolecular Hbond substituents is 1. The Hall–Kier alpha value is -4.17. The maximum Gasteiger partial charge on any atom is 0.339 e. The van der Waals surface area contributed by atoms with Crippen LogP contribution in [0.1, 0.15) is 44.7 Å². The Balaban J connectivity index is 1.29. The molecule has 3 heterocycles. The fourth-order valence-electron chi connectivity index (χ4n) is 8.18. The van der Waals surface area contributed by atoms with Crippen LogP contribution >= 0.6 is 0 Å². The molecule has 1 spiro atoms. The predicted molar refractivity (Wildman–Crippen MR) is 155 cm³/mol. The molecule has 46 heavy (non-hydrogen) atoms. The van der Waals surface area contributed by atoms with Crippen molar-refractivity contribution in [2.75, 3.05) is 20.7 Å². The third kappa shape index (κ3) is 5.16. The lowest BCUT2D eigenvalue weighted by atomic mass is 9.53. The summed E-state index contributed by atoms with van der Waals surface area (Å²) in [4.78, 5) is 65.1. The highest BCUT2D eigenvalue weighted by Crippen LogP contribution is 2.62. The number of methoxy groups -OCH3 is 1.